The van der Waals surface area contributed by atoms with E-state index < -0.39 is 18.1 Å². The molecule has 0 aliphatic rings. The van der Waals surface area contributed by atoms with Crippen LogP contribution in [0, 0.1) is 19.3 Å². The van der Waals surface area contributed by atoms with Crippen LogP contribution in [0.15, 0.2) is 24.3 Å². The summed E-state index contributed by atoms with van der Waals surface area (Å²) >= 11 is 1.48. The predicted molar refractivity (Wildman–Crippen MR) is 141 cm³/mol. The van der Waals surface area contributed by atoms with Gasteiger partial charge in [0.2, 0.25) is 0 Å². The maximum atomic E-state index is 12.9. The van der Waals surface area contributed by atoms with E-state index in [2.05, 4.69) is 37.4 Å². The molecular weight excluding hydrogens is 462 g/mol. The van der Waals surface area contributed by atoms with Crippen molar-refractivity contribution < 1.29 is 24.2 Å². The Bertz CT molecular complexity index is 1030. The second-order valence-corrected chi connectivity index (χ2v) is 11.4. The Hall–Kier alpha value is -2.38. The standard InChI is InChI=1S/C28H41NO5S/c1-10-28(11-2,20-12-13-21(17(3)14-20)34-16-22(30)27(6,7)8)23-15-18(4)24(35-23)25(31)29-19(5)26(32)33-9/h12-15,19,22,30H,10-11,16H2,1-9H3,(H,29,31)/t19-,22?/m0/s1. The van der Waals surface area contributed by atoms with Crippen molar-refractivity contribution >= 4 is 23.2 Å². The van der Waals surface area contributed by atoms with Crippen LogP contribution in [-0.2, 0) is 14.9 Å². The van der Waals surface area contributed by atoms with Crippen LogP contribution in [0.25, 0.3) is 0 Å². The average molecular weight is 504 g/mol. The van der Waals surface area contributed by atoms with Crippen molar-refractivity contribution in [2.75, 3.05) is 13.7 Å². The van der Waals surface area contributed by atoms with Crippen LogP contribution in [0.5, 0.6) is 5.75 Å². The molecule has 1 amide bonds. The largest absolute Gasteiger partial charge is 0.491 e. The SMILES string of the molecule is CCC(CC)(c1ccc(OCC(O)C(C)(C)C)c(C)c1)c1cc(C)c(C(=O)N[C@@H](C)C(=O)OC)s1. The minimum Gasteiger partial charge on any atom is -0.491 e. The summed E-state index contributed by atoms with van der Waals surface area (Å²) < 4.78 is 10.7. The molecule has 2 N–H and O–H groups in total. The fourth-order valence-electron chi connectivity index (χ4n) is 4.12. The van der Waals surface area contributed by atoms with Crippen molar-refractivity contribution in [3.05, 3.63) is 50.7 Å². The van der Waals surface area contributed by atoms with E-state index in [-0.39, 0.29) is 23.3 Å². The zero-order valence-electron chi connectivity index (χ0n) is 22.6. The molecule has 0 spiro atoms. The molecule has 1 aromatic carbocycles. The molecule has 0 saturated carbocycles. The number of rotatable bonds is 10. The molecule has 0 saturated heterocycles. The first-order chi connectivity index (χ1) is 16.3. The Labute approximate surface area is 214 Å². The number of ether oxygens (including phenoxy) is 2. The minimum absolute atomic E-state index is 0.239. The molecule has 6 nitrogen and oxygen atoms in total. The quantitative estimate of drug-likeness (QED) is 0.415. The summed E-state index contributed by atoms with van der Waals surface area (Å²) in [6, 6.07) is 7.60. The first kappa shape index (κ1) is 28.9. The van der Waals surface area contributed by atoms with E-state index in [1.807, 2.05) is 40.7 Å². The number of carbonyl (C=O) groups excluding carboxylic acids is 2. The molecule has 0 aliphatic heterocycles. The normalized spacial score (nSPS) is 13.8. The van der Waals surface area contributed by atoms with Gasteiger partial charge in [0.1, 0.15) is 18.4 Å². The Morgan fingerprint density at radius 1 is 1.09 bits per heavy atom. The molecule has 0 fully saturated rings. The van der Waals surface area contributed by atoms with Gasteiger partial charge in [-0.3, -0.25) is 4.79 Å². The van der Waals surface area contributed by atoms with E-state index in [0.29, 0.717) is 4.88 Å². The summed E-state index contributed by atoms with van der Waals surface area (Å²) in [6.07, 6.45) is 1.17. The van der Waals surface area contributed by atoms with Crippen LogP contribution in [0.4, 0.5) is 0 Å². The molecule has 7 heteroatoms. The third-order valence-corrected chi connectivity index (χ3v) is 8.27. The number of methoxy groups -OCH3 is 1. The minimum atomic E-state index is -0.716. The van der Waals surface area contributed by atoms with E-state index in [1.54, 1.807) is 6.92 Å². The monoisotopic (exact) mass is 503 g/mol. The van der Waals surface area contributed by atoms with Crippen molar-refractivity contribution in [1.82, 2.24) is 5.32 Å². The molecule has 1 heterocycles. The lowest BCUT2D eigenvalue weighted by Crippen LogP contribution is -2.39. The van der Waals surface area contributed by atoms with Gasteiger partial charge in [0.05, 0.1) is 18.1 Å². The first-order valence-corrected chi connectivity index (χ1v) is 13.0. The fourth-order valence-corrected chi connectivity index (χ4v) is 5.55. The summed E-state index contributed by atoms with van der Waals surface area (Å²) in [7, 11) is 1.31. The number of aliphatic hydroxyl groups is 1. The molecule has 0 radical (unpaired) electrons. The van der Waals surface area contributed by atoms with Gasteiger partial charge in [-0.15, -0.1) is 11.3 Å². The van der Waals surface area contributed by atoms with Crippen molar-refractivity contribution in [1.29, 1.82) is 0 Å². The number of esters is 1. The maximum absolute atomic E-state index is 12.9. The third-order valence-electron chi connectivity index (χ3n) is 6.83. The van der Waals surface area contributed by atoms with Gasteiger partial charge in [-0.05, 0) is 67.9 Å². The predicted octanol–water partition coefficient (Wildman–Crippen LogP) is 5.55. The summed E-state index contributed by atoms with van der Waals surface area (Å²) in [6.45, 7) is 16.1. The number of carbonyl (C=O) groups is 2. The lowest BCUT2D eigenvalue weighted by molar-refractivity contribution is -0.142. The number of nitrogens with one attached hydrogen (secondary N) is 1. The van der Waals surface area contributed by atoms with Crippen LogP contribution < -0.4 is 10.1 Å². The van der Waals surface area contributed by atoms with Gasteiger partial charge in [0.25, 0.3) is 5.91 Å². The Kier molecular flexibility index (Phi) is 9.54. The van der Waals surface area contributed by atoms with Gasteiger partial charge < -0.3 is 19.9 Å². The van der Waals surface area contributed by atoms with Gasteiger partial charge in [-0.1, -0.05) is 46.8 Å². The number of hydrogen-bond donors (Lipinski definition) is 2. The highest BCUT2D eigenvalue weighted by atomic mass is 32.1. The highest BCUT2D eigenvalue weighted by Gasteiger charge is 2.34. The molecule has 35 heavy (non-hydrogen) atoms. The van der Waals surface area contributed by atoms with E-state index >= 15 is 0 Å². The molecular formula is C28H41NO5S. The zero-order chi connectivity index (χ0) is 26.6. The van der Waals surface area contributed by atoms with Crippen LogP contribution >= 0.6 is 11.3 Å². The molecule has 2 aromatic rings. The summed E-state index contributed by atoms with van der Waals surface area (Å²) in [4.78, 5) is 26.4. The number of aryl methyl sites for hydroxylation is 2. The number of amides is 1. The number of benzene rings is 1. The summed E-state index contributed by atoms with van der Waals surface area (Å²) in [5.41, 5.74) is 2.56. The van der Waals surface area contributed by atoms with E-state index in [9.17, 15) is 14.7 Å². The summed E-state index contributed by atoms with van der Waals surface area (Å²) in [5, 5.41) is 13.1. The lowest BCUT2D eigenvalue weighted by atomic mass is 9.74. The molecule has 194 valence electrons. The van der Waals surface area contributed by atoms with Crippen molar-refractivity contribution in [2.24, 2.45) is 5.41 Å². The lowest BCUT2D eigenvalue weighted by Gasteiger charge is -2.32. The van der Waals surface area contributed by atoms with E-state index in [1.165, 1.54) is 24.0 Å². The van der Waals surface area contributed by atoms with Gasteiger partial charge >= 0.3 is 5.97 Å². The Balaban J connectivity index is 2.36. The molecule has 1 aromatic heterocycles. The smallest absolute Gasteiger partial charge is 0.328 e. The van der Waals surface area contributed by atoms with Gasteiger partial charge in [0, 0.05) is 10.3 Å². The number of hydrogen-bond acceptors (Lipinski definition) is 6. The van der Waals surface area contributed by atoms with Crippen molar-refractivity contribution in [2.45, 2.75) is 85.8 Å². The molecule has 0 bridgehead atoms. The second kappa shape index (κ2) is 11.6. The fraction of sp³-hybridized carbons (Fsp3) is 0.571. The molecule has 0 aliphatic carbocycles. The van der Waals surface area contributed by atoms with Gasteiger partial charge in [-0.2, -0.15) is 0 Å². The Morgan fingerprint density at radius 3 is 2.23 bits per heavy atom. The highest BCUT2D eigenvalue weighted by molar-refractivity contribution is 7.14. The molecule has 1 unspecified atom stereocenters. The zero-order valence-corrected chi connectivity index (χ0v) is 23.4. The third kappa shape index (κ3) is 6.44. The van der Waals surface area contributed by atoms with Gasteiger partial charge in [0.15, 0.2) is 0 Å². The van der Waals surface area contributed by atoms with E-state index in [4.69, 9.17) is 9.47 Å². The molecule has 2 rings (SSSR count). The Morgan fingerprint density at radius 2 is 1.71 bits per heavy atom. The highest BCUT2D eigenvalue weighted by Crippen LogP contribution is 2.44. The van der Waals surface area contributed by atoms with Crippen LogP contribution in [0.3, 0.4) is 0 Å². The number of thiophene rings is 1. The maximum Gasteiger partial charge on any atom is 0.328 e. The second-order valence-electron chi connectivity index (χ2n) is 10.3. The number of aliphatic hydroxyl groups excluding tert-OH is 1. The van der Waals surface area contributed by atoms with Crippen LogP contribution in [0.2, 0.25) is 0 Å². The summed E-state index contributed by atoms with van der Waals surface area (Å²) in [5.74, 6) is 0.0181. The molecule has 2 atom stereocenters. The topological polar surface area (TPSA) is 84.9 Å². The first-order valence-electron chi connectivity index (χ1n) is 12.2. The van der Waals surface area contributed by atoms with Crippen molar-refractivity contribution in [3.63, 3.8) is 0 Å². The van der Waals surface area contributed by atoms with Crippen LogP contribution in [-0.4, -0.2) is 42.8 Å². The van der Waals surface area contributed by atoms with E-state index in [0.717, 1.165) is 34.6 Å². The van der Waals surface area contributed by atoms with Crippen molar-refractivity contribution in [3.8, 4) is 5.75 Å². The average Bonchev–Trinajstić information content (AvgIpc) is 3.20. The van der Waals surface area contributed by atoms with Gasteiger partial charge in [-0.25, -0.2) is 4.79 Å². The van der Waals surface area contributed by atoms with Crippen LogP contribution in [0.1, 0.15) is 85.6 Å².